The molecule has 6 heteroatoms. The van der Waals surface area contributed by atoms with Gasteiger partial charge in [0.05, 0.1) is 20.3 Å². The Bertz CT molecular complexity index is 894. The number of carbonyl (C=O) groups is 1. The largest absolute Gasteiger partial charge is 0.493 e. The number of fused-ring (bicyclic) bond motifs is 1. The quantitative estimate of drug-likeness (QED) is 0.794. The lowest BCUT2D eigenvalue weighted by molar-refractivity contribution is 0.162. The number of ether oxygens (including phenoxy) is 2. The van der Waals surface area contributed by atoms with E-state index < -0.39 is 0 Å². The number of methoxy groups -OCH3 is 2. The molecule has 0 saturated carbocycles. The fourth-order valence-electron chi connectivity index (χ4n) is 4.81. The van der Waals surface area contributed by atoms with Crippen LogP contribution >= 0.6 is 0 Å². The van der Waals surface area contributed by atoms with E-state index in [0.29, 0.717) is 12.3 Å². The Kier molecular flexibility index (Phi) is 6.66. The molecule has 2 aliphatic rings. The molecule has 0 bridgehead atoms. The second kappa shape index (κ2) is 9.60. The molecule has 31 heavy (non-hydrogen) atoms. The van der Waals surface area contributed by atoms with Gasteiger partial charge in [-0.25, -0.2) is 4.79 Å². The predicted octanol–water partition coefficient (Wildman–Crippen LogP) is 3.85. The van der Waals surface area contributed by atoms with Crippen LogP contribution in [0.5, 0.6) is 11.5 Å². The molecule has 0 spiro atoms. The van der Waals surface area contributed by atoms with E-state index in [1.165, 1.54) is 5.56 Å². The zero-order valence-corrected chi connectivity index (χ0v) is 18.8. The third-order valence-corrected chi connectivity index (χ3v) is 6.61. The van der Waals surface area contributed by atoms with E-state index >= 15 is 0 Å². The van der Waals surface area contributed by atoms with Crippen LogP contribution in [0.25, 0.3) is 0 Å². The van der Waals surface area contributed by atoms with E-state index in [9.17, 15) is 4.79 Å². The molecule has 1 fully saturated rings. The van der Waals surface area contributed by atoms with Crippen LogP contribution in [0.4, 0.5) is 4.79 Å². The van der Waals surface area contributed by atoms with Gasteiger partial charge in [0.25, 0.3) is 0 Å². The van der Waals surface area contributed by atoms with Crippen LogP contribution in [0.2, 0.25) is 0 Å². The summed E-state index contributed by atoms with van der Waals surface area (Å²) in [5.74, 6) is 1.42. The van der Waals surface area contributed by atoms with Crippen molar-refractivity contribution in [2.24, 2.45) is 0 Å². The maximum absolute atomic E-state index is 13.4. The smallest absolute Gasteiger partial charge is 0.318 e. The van der Waals surface area contributed by atoms with Gasteiger partial charge in [0, 0.05) is 25.7 Å². The van der Waals surface area contributed by atoms with E-state index in [1.54, 1.807) is 14.2 Å². The Hall–Kier alpha value is -2.73. The molecule has 1 N–H and O–H groups in total. The van der Waals surface area contributed by atoms with Crippen molar-refractivity contribution in [3.05, 3.63) is 59.2 Å². The molecule has 1 unspecified atom stereocenters. The second-order valence-corrected chi connectivity index (χ2v) is 8.32. The number of rotatable bonds is 5. The summed E-state index contributed by atoms with van der Waals surface area (Å²) in [5.41, 5.74) is 3.41. The molecule has 2 aromatic carbocycles. The van der Waals surface area contributed by atoms with Gasteiger partial charge < -0.3 is 24.6 Å². The predicted molar refractivity (Wildman–Crippen MR) is 122 cm³/mol. The van der Waals surface area contributed by atoms with Crippen molar-refractivity contribution in [3.8, 4) is 11.5 Å². The van der Waals surface area contributed by atoms with E-state index in [-0.39, 0.29) is 18.1 Å². The summed E-state index contributed by atoms with van der Waals surface area (Å²) < 4.78 is 11.1. The van der Waals surface area contributed by atoms with Crippen molar-refractivity contribution >= 4 is 6.03 Å². The highest BCUT2D eigenvalue weighted by atomic mass is 16.5. The molecule has 1 atom stereocenters. The monoisotopic (exact) mass is 423 g/mol. The second-order valence-electron chi connectivity index (χ2n) is 8.32. The van der Waals surface area contributed by atoms with Crippen LogP contribution in [0.3, 0.4) is 0 Å². The maximum Gasteiger partial charge on any atom is 0.318 e. The molecule has 0 aliphatic carbocycles. The molecule has 2 heterocycles. The highest BCUT2D eigenvalue weighted by Gasteiger charge is 2.34. The summed E-state index contributed by atoms with van der Waals surface area (Å²) >= 11 is 0. The third-order valence-electron chi connectivity index (χ3n) is 6.61. The lowest BCUT2D eigenvalue weighted by Gasteiger charge is -2.40. The van der Waals surface area contributed by atoms with Gasteiger partial charge in [-0.2, -0.15) is 0 Å². The third kappa shape index (κ3) is 4.49. The van der Waals surface area contributed by atoms with Gasteiger partial charge in [-0.15, -0.1) is 0 Å². The Labute approximate surface area is 185 Å². The van der Waals surface area contributed by atoms with E-state index in [0.717, 1.165) is 55.8 Å². The van der Waals surface area contributed by atoms with E-state index in [4.69, 9.17) is 9.47 Å². The number of carbonyl (C=O) groups excluding carboxylic acids is 1. The molecule has 2 amide bonds. The van der Waals surface area contributed by atoms with E-state index in [2.05, 4.69) is 35.3 Å². The Morgan fingerprint density at radius 3 is 2.35 bits per heavy atom. The van der Waals surface area contributed by atoms with Gasteiger partial charge in [-0.1, -0.05) is 37.3 Å². The summed E-state index contributed by atoms with van der Waals surface area (Å²) in [4.78, 5) is 17.9. The Morgan fingerprint density at radius 2 is 1.71 bits per heavy atom. The van der Waals surface area contributed by atoms with E-state index in [1.807, 2.05) is 29.2 Å². The average Bonchev–Trinajstić information content (AvgIpc) is 2.83. The minimum absolute atomic E-state index is 0.0178. The number of hydrogen-bond donors (Lipinski definition) is 1. The summed E-state index contributed by atoms with van der Waals surface area (Å²) in [6.07, 6.45) is 2.80. The topological polar surface area (TPSA) is 54.0 Å². The minimum atomic E-state index is -0.152. The first-order valence-electron chi connectivity index (χ1n) is 11.2. The number of benzene rings is 2. The lowest BCUT2D eigenvalue weighted by Crippen LogP contribution is -2.51. The normalized spacial score (nSPS) is 19.6. The lowest BCUT2D eigenvalue weighted by atomic mass is 9.88. The minimum Gasteiger partial charge on any atom is -0.493 e. The van der Waals surface area contributed by atoms with Crippen molar-refractivity contribution in [1.82, 2.24) is 15.1 Å². The molecular weight excluding hydrogens is 390 g/mol. The molecule has 6 nitrogen and oxygen atoms in total. The Balaban J connectivity index is 1.63. The first kappa shape index (κ1) is 21.5. The first-order valence-corrected chi connectivity index (χ1v) is 11.2. The van der Waals surface area contributed by atoms with Gasteiger partial charge >= 0.3 is 6.03 Å². The molecular formula is C25H33N3O3. The highest BCUT2D eigenvalue weighted by molar-refractivity contribution is 5.76. The number of likely N-dealkylation sites (tertiary alicyclic amines) is 1. The van der Waals surface area contributed by atoms with Crippen LogP contribution in [0, 0.1) is 0 Å². The van der Waals surface area contributed by atoms with Crippen LogP contribution < -0.4 is 14.8 Å². The number of piperidine rings is 1. The SMILES string of the molecule is CCN1CCC(NC(=O)N2CCc3cc(OC)c(OC)cc3C2c2ccccc2)CC1. The maximum atomic E-state index is 13.4. The summed E-state index contributed by atoms with van der Waals surface area (Å²) in [7, 11) is 3.31. The zero-order chi connectivity index (χ0) is 21.8. The first-order chi connectivity index (χ1) is 15.1. The number of amides is 2. The number of urea groups is 1. The van der Waals surface area contributed by atoms with Crippen molar-refractivity contribution in [1.29, 1.82) is 0 Å². The summed E-state index contributed by atoms with van der Waals surface area (Å²) in [5, 5.41) is 3.32. The van der Waals surface area contributed by atoms with Gasteiger partial charge in [-0.05, 0) is 54.6 Å². The van der Waals surface area contributed by atoms with Crippen LogP contribution in [-0.2, 0) is 6.42 Å². The van der Waals surface area contributed by atoms with Gasteiger partial charge in [0.2, 0.25) is 0 Å². The average molecular weight is 424 g/mol. The fourth-order valence-corrected chi connectivity index (χ4v) is 4.81. The molecule has 0 aromatic heterocycles. The highest BCUT2D eigenvalue weighted by Crippen LogP contribution is 2.41. The number of hydrogen-bond acceptors (Lipinski definition) is 4. The molecule has 2 aromatic rings. The summed E-state index contributed by atoms with van der Waals surface area (Å²) in [6.45, 7) is 6.03. The van der Waals surface area contributed by atoms with Crippen LogP contribution in [0.15, 0.2) is 42.5 Å². The molecule has 4 rings (SSSR count). The molecule has 2 aliphatic heterocycles. The van der Waals surface area contributed by atoms with Crippen molar-refractivity contribution in [2.75, 3.05) is 40.4 Å². The molecule has 0 radical (unpaired) electrons. The number of nitrogens with one attached hydrogen (secondary N) is 1. The Morgan fingerprint density at radius 1 is 1.03 bits per heavy atom. The van der Waals surface area contributed by atoms with Crippen LogP contribution in [-0.4, -0.2) is 62.3 Å². The molecule has 1 saturated heterocycles. The van der Waals surface area contributed by atoms with Gasteiger partial charge in [-0.3, -0.25) is 0 Å². The molecule has 166 valence electrons. The zero-order valence-electron chi connectivity index (χ0n) is 18.8. The fraction of sp³-hybridized carbons (Fsp3) is 0.480. The standard InChI is InChI=1S/C25H33N3O3/c1-4-27-13-11-20(12-14-27)26-25(29)28-15-10-19-16-22(30-2)23(31-3)17-21(19)24(28)18-8-6-5-7-9-18/h5-9,16-17,20,24H,4,10-15H2,1-3H3,(H,26,29). The summed E-state index contributed by atoms with van der Waals surface area (Å²) in [6, 6.07) is 14.4. The van der Waals surface area contributed by atoms with Crippen LogP contribution in [0.1, 0.15) is 42.5 Å². The van der Waals surface area contributed by atoms with Crippen molar-refractivity contribution < 1.29 is 14.3 Å². The van der Waals surface area contributed by atoms with Gasteiger partial charge in [0.15, 0.2) is 11.5 Å². The van der Waals surface area contributed by atoms with Gasteiger partial charge in [0.1, 0.15) is 0 Å². The number of nitrogens with zero attached hydrogens (tertiary/aromatic N) is 2. The van der Waals surface area contributed by atoms with Crippen molar-refractivity contribution in [2.45, 2.75) is 38.3 Å². The van der Waals surface area contributed by atoms with Crippen molar-refractivity contribution in [3.63, 3.8) is 0 Å².